The van der Waals surface area contributed by atoms with E-state index in [1.165, 1.54) is 7.11 Å². The third-order valence-electron chi connectivity index (χ3n) is 5.77. The van der Waals surface area contributed by atoms with Crippen molar-refractivity contribution in [2.45, 2.75) is 24.2 Å². The van der Waals surface area contributed by atoms with Gasteiger partial charge in [0.2, 0.25) is 5.91 Å². The molecule has 1 aliphatic heterocycles. The summed E-state index contributed by atoms with van der Waals surface area (Å²) in [5, 5.41) is 0. The topological polar surface area (TPSA) is 66.9 Å². The number of carbonyl (C=O) groups excluding carboxylic acids is 1. The molecule has 6 nitrogen and oxygen atoms in total. The van der Waals surface area contributed by atoms with Gasteiger partial charge in [0.15, 0.2) is 9.84 Å². The summed E-state index contributed by atoms with van der Waals surface area (Å²) in [4.78, 5) is 17.4. The Morgan fingerprint density at radius 1 is 1.00 bits per heavy atom. The van der Waals surface area contributed by atoms with Crippen LogP contribution in [0, 0.1) is 0 Å². The number of benzene rings is 2. The first-order valence-corrected chi connectivity index (χ1v) is 11.8. The van der Waals surface area contributed by atoms with Gasteiger partial charge >= 0.3 is 0 Å². The molecule has 0 atom stereocenters. The smallest absolute Gasteiger partial charge is 0.232 e. The van der Waals surface area contributed by atoms with E-state index in [-0.39, 0.29) is 16.6 Å². The summed E-state index contributed by atoms with van der Waals surface area (Å²) in [5.74, 6) is 0.686. The van der Waals surface area contributed by atoms with Crippen LogP contribution >= 0.6 is 0 Å². The third-order valence-corrected chi connectivity index (χ3v) is 7.46. The largest absolute Gasteiger partial charge is 0.497 e. The molecule has 2 aromatic rings. The molecule has 1 fully saturated rings. The molecule has 0 unspecified atom stereocenters. The van der Waals surface area contributed by atoms with Gasteiger partial charge in [0.1, 0.15) is 5.75 Å². The first-order valence-electron chi connectivity index (χ1n) is 10.2. The molecule has 1 saturated heterocycles. The lowest BCUT2D eigenvalue weighted by Gasteiger charge is -2.38. The van der Waals surface area contributed by atoms with Crippen molar-refractivity contribution in [3.05, 3.63) is 60.2 Å². The van der Waals surface area contributed by atoms with Crippen LogP contribution in [-0.4, -0.2) is 69.7 Å². The minimum atomic E-state index is -3.38. The maximum Gasteiger partial charge on any atom is 0.232 e. The molecule has 0 radical (unpaired) electrons. The molecule has 3 rings (SSSR count). The molecule has 0 spiro atoms. The number of sulfone groups is 1. The third kappa shape index (κ3) is 5.02. The van der Waals surface area contributed by atoms with Crippen molar-refractivity contribution >= 4 is 15.7 Å². The molecule has 0 bridgehead atoms. The summed E-state index contributed by atoms with van der Waals surface area (Å²) in [7, 11) is -1.86. The Morgan fingerprint density at radius 2 is 1.67 bits per heavy atom. The van der Waals surface area contributed by atoms with Crippen LogP contribution in [0.2, 0.25) is 0 Å². The second-order valence-electron chi connectivity index (χ2n) is 8.12. The second-order valence-corrected chi connectivity index (χ2v) is 10.2. The number of methoxy groups -OCH3 is 1. The fourth-order valence-corrected chi connectivity index (χ4v) is 5.03. The minimum absolute atomic E-state index is 0.0453. The average Bonchev–Trinajstić information content (AvgIpc) is 2.78. The van der Waals surface area contributed by atoms with E-state index in [2.05, 4.69) is 4.90 Å². The zero-order valence-electron chi connectivity index (χ0n) is 17.9. The predicted molar refractivity (Wildman–Crippen MR) is 118 cm³/mol. The van der Waals surface area contributed by atoms with Crippen LogP contribution in [0.4, 0.5) is 0 Å². The van der Waals surface area contributed by atoms with Crippen molar-refractivity contribution in [2.75, 3.05) is 45.6 Å². The molecule has 7 heteroatoms. The number of amides is 1. The molecule has 0 aliphatic carbocycles. The van der Waals surface area contributed by atoms with Gasteiger partial charge in [0, 0.05) is 32.7 Å². The zero-order chi connectivity index (χ0) is 21.8. The highest BCUT2D eigenvalue weighted by Gasteiger charge is 2.35. The Bertz CT molecular complexity index is 966. The van der Waals surface area contributed by atoms with E-state index in [9.17, 15) is 13.2 Å². The van der Waals surface area contributed by atoms with Gasteiger partial charge in [0.05, 0.1) is 23.2 Å². The summed E-state index contributed by atoms with van der Waals surface area (Å²) < 4.78 is 30.4. The van der Waals surface area contributed by atoms with Gasteiger partial charge in [-0.05, 0) is 37.6 Å². The fraction of sp³-hybridized carbons (Fsp3) is 0.435. The highest BCUT2D eigenvalue weighted by atomic mass is 32.2. The fourth-order valence-electron chi connectivity index (χ4n) is 3.71. The molecular formula is C23H30N2O4S. The van der Waals surface area contributed by atoms with Crippen molar-refractivity contribution in [3.8, 4) is 5.75 Å². The van der Waals surface area contributed by atoms with Crippen LogP contribution in [-0.2, 0) is 20.0 Å². The maximum absolute atomic E-state index is 13.1. The summed E-state index contributed by atoms with van der Waals surface area (Å²) in [5.41, 5.74) is 0.417. The lowest BCUT2D eigenvalue weighted by molar-refractivity contribution is -0.138. The number of rotatable bonds is 7. The van der Waals surface area contributed by atoms with Crippen molar-refractivity contribution in [1.82, 2.24) is 9.80 Å². The molecule has 30 heavy (non-hydrogen) atoms. The Hall–Kier alpha value is -2.38. The number of piperazine rings is 1. The first-order chi connectivity index (χ1) is 14.2. The lowest BCUT2D eigenvalue weighted by Crippen LogP contribution is -2.53. The van der Waals surface area contributed by atoms with Crippen LogP contribution in [0.5, 0.6) is 5.75 Å². The van der Waals surface area contributed by atoms with Crippen molar-refractivity contribution in [1.29, 1.82) is 0 Å². The first kappa shape index (κ1) is 22.3. The Balaban J connectivity index is 1.55. The van der Waals surface area contributed by atoms with Crippen LogP contribution in [0.3, 0.4) is 0 Å². The van der Waals surface area contributed by atoms with Gasteiger partial charge in [-0.15, -0.1) is 0 Å². The van der Waals surface area contributed by atoms with E-state index in [1.54, 1.807) is 24.3 Å². The Kier molecular flexibility index (Phi) is 6.83. The van der Waals surface area contributed by atoms with Gasteiger partial charge in [-0.25, -0.2) is 8.42 Å². The molecule has 0 aromatic heterocycles. The number of carbonyl (C=O) groups is 1. The Labute approximate surface area is 179 Å². The van der Waals surface area contributed by atoms with Crippen molar-refractivity contribution < 1.29 is 17.9 Å². The van der Waals surface area contributed by atoms with Gasteiger partial charge in [-0.2, -0.15) is 0 Å². The van der Waals surface area contributed by atoms with Crippen LogP contribution in [0.25, 0.3) is 0 Å². The predicted octanol–water partition coefficient (Wildman–Crippen LogP) is 2.59. The SMILES string of the molecule is COc1cccc(S(=O)(=O)CCN2CCN(C(=O)C(C)(C)c3ccccc3)CC2)c1. The van der Waals surface area contributed by atoms with Crippen LogP contribution < -0.4 is 4.74 Å². The summed E-state index contributed by atoms with van der Waals surface area (Å²) in [6, 6.07) is 16.4. The monoisotopic (exact) mass is 430 g/mol. The van der Waals surface area contributed by atoms with Crippen LogP contribution in [0.1, 0.15) is 19.4 Å². The highest BCUT2D eigenvalue weighted by Crippen LogP contribution is 2.26. The lowest BCUT2D eigenvalue weighted by atomic mass is 9.83. The quantitative estimate of drug-likeness (QED) is 0.676. The molecule has 1 amide bonds. The zero-order valence-corrected chi connectivity index (χ0v) is 18.7. The molecule has 2 aromatic carbocycles. The van der Waals surface area contributed by atoms with E-state index in [0.29, 0.717) is 38.5 Å². The van der Waals surface area contributed by atoms with Gasteiger partial charge < -0.3 is 9.64 Å². The maximum atomic E-state index is 13.1. The van der Waals surface area contributed by atoms with E-state index >= 15 is 0 Å². The molecular weight excluding hydrogens is 400 g/mol. The van der Waals surface area contributed by atoms with Crippen molar-refractivity contribution in [2.24, 2.45) is 0 Å². The van der Waals surface area contributed by atoms with Crippen LogP contribution in [0.15, 0.2) is 59.5 Å². The molecule has 0 saturated carbocycles. The minimum Gasteiger partial charge on any atom is -0.497 e. The summed E-state index contributed by atoms with van der Waals surface area (Å²) >= 11 is 0. The average molecular weight is 431 g/mol. The highest BCUT2D eigenvalue weighted by molar-refractivity contribution is 7.91. The van der Waals surface area contributed by atoms with E-state index in [0.717, 1.165) is 5.56 Å². The normalized spacial score (nSPS) is 15.8. The van der Waals surface area contributed by atoms with E-state index in [1.807, 2.05) is 49.1 Å². The van der Waals surface area contributed by atoms with Crippen molar-refractivity contribution in [3.63, 3.8) is 0 Å². The van der Waals surface area contributed by atoms with Gasteiger partial charge in [-0.1, -0.05) is 36.4 Å². The number of ether oxygens (including phenoxy) is 1. The molecule has 162 valence electrons. The molecule has 0 N–H and O–H groups in total. The molecule has 1 aliphatic rings. The Morgan fingerprint density at radius 3 is 2.30 bits per heavy atom. The summed E-state index contributed by atoms with van der Waals surface area (Å²) in [6.45, 7) is 6.91. The number of hydrogen-bond acceptors (Lipinski definition) is 5. The van der Waals surface area contributed by atoms with Gasteiger partial charge in [0.25, 0.3) is 0 Å². The van der Waals surface area contributed by atoms with Gasteiger partial charge in [-0.3, -0.25) is 9.69 Å². The molecule has 1 heterocycles. The van der Waals surface area contributed by atoms with E-state index in [4.69, 9.17) is 4.74 Å². The number of nitrogens with zero attached hydrogens (tertiary/aromatic N) is 2. The summed E-state index contributed by atoms with van der Waals surface area (Å²) in [6.07, 6.45) is 0. The van der Waals surface area contributed by atoms with E-state index < -0.39 is 15.3 Å². The number of hydrogen-bond donors (Lipinski definition) is 0. The standard InChI is InChI=1S/C23H30N2O4S/c1-23(2,19-8-5-4-6-9-19)22(26)25-14-12-24(13-15-25)16-17-30(27,28)21-11-7-10-20(18-21)29-3/h4-11,18H,12-17H2,1-3H3. The second kappa shape index (κ2) is 9.18.